The van der Waals surface area contributed by atoms with Gasteiger partial charge in [0, 0.05) is 22.7 Å². The molecule has 1 unspecified atom stereocenters. The second-order valence-electron chi connectivity index (χ2n) is 4.85. The molecule has 0 heterocycles. The Kier molecular flexibility index (Phi) is 9.16. The third kappa shape index (κ3) is 7.96. The summed E-state index contributed by atoms with van der Waals surface area (Å²) in [5, 5.41) is 4.68. The predicted molar refractivity (Wildman–Crippen MR) is 83.7 cm³/mol. The van der Waals surface area contributed by atoms with Crippen molar-refractivity contribution >= 4 is 23.2 Å². The fourth-order valence-corrected chi connectivity index (χ4v) is 2.38. The molecule has 1 rings (SSSR count). The molecule has 0 aliphatic carbocycles. The molecule has 120 valence electrons. The van der Waals surface area contributed by atoms with Gasteiger partial charge in [-0.3, -0.25) is 0 Å². The number of nitrogens with one attached hydrogen (secondary N) is 1. The van der Waals surface area contributed by atoms with Gasteiger partial charge in [-0.05, 0) is 49.6 Å². The van der Waals surface area contributed by atoms with Crippen molar-refractivity contribution in [3.63, 3.8) is 0 Å². The highest BCUT2D eigenvalue weighted by Gasteiger charge is 2.12. The molecule has 2 nitrogen and oxygen atoms in total. The summed E-state index contributed by atoms with van der Waals surface area (Å²) in [6, 6.07) is 5.47. The summed E-state index contributed by atoms with van der Waals surface area (Å²) in [7, 11) is 0. The van der Waals surface area contributed by atoms with Crippen molar-refractivity contribution in [3.05, 3.63) is 33.8 Å². The Morgan fingerprint density at radius 1 is 1.29 bits per heavy atom. The van der Waals surface area contributed by atoms with Gasteiger partial charge >= 0.3 is 0 Å². The topological polar surface area (TPSA) is 21.3 Å². The van der Waals surface area contributed by atoms with Crippen LogP contribution in [0, 0.1) is 0 Å². The lowest BCUT2D eigenvalue weighted by molar-refractivity contribution is 0.0144. The molecule has 0 fully saturated rings. The Hall–Kier alpha value is -0.420. The molecule has 1 N–H and O–H groups in total. The molecule has 0 aromatic heterocycles. The van der Waals surface area contributed by atoms with Crippen LogP contribution in [0.5, 0.6) is 0 Å². The number of rotatable bonds is 10. The first-order valence-electron chi connectivity index (χ1n) is 7.06. The van der Waals surface area contributed by atoms with Gasteiger partial charge in [-0.2, -0.15) is 0 Å². The molecule has 1 aromatic carbocycles. The van der Waals surface area contributed by atoms with E-state index >= 15 is 0 Å². The van der Waals surface area contributed by atoms with Crippen LogP contribution in [-0.2, 0) is 11.2 Å². The van der Waals surface area contributed by atoms with E-state index in [-0.39, 0.29) is 6.04 Å². The van der Waals surface area contributed by atoms with Gasteiger partial charge in [0.1, 0.15) is 6.61 Å². The van der Waals surface area contributed by atoms with Crippen LogP contribution in [0.15, 0.2) is 18.2 Å². The van der Waals surface area contributed by atoms with Crippen LogP contribution in [-0.4, -0.2) is 32.2 Å². The third-order valence-electron chi connectivity index (χ3n) is 3.01. The Labute approximate surface area is 134 Å². The van der Waals surface area contributed by atoms with Crippen molar-refractivity contribution in [1.29, 1.82) is 0 Å². The first-order valence-corrected chi connectivity index (χ1v) is 7.81. The molecule has 1 atom stereocenters. The summed E-state index contributed by atoms with van der Waals surface area (Å²) in [6.07, 6.45) is -0.0839. The molecular weight excluding hydrogens is 319 g/mol. The minimum Gasteiger partial charge on any atom is -0.375 e. The average Bonchev–Trinajstić information content (AvgIpc) is 2.44. The standard InChI is InChI=1S/C15H21Cl2F2NO/c1-2-6-20-13(5-7-21-10-15(18)19)9-11-8-12(16)3-4-14(11)17/h3-4,8,13,15,20H,2,5-7,9-10H2,1H3. The first-order chi connectivity index (χ1) is 10.0. The van der Waals surface area contributed by atoms with Gasteiger partial charge in [0.25, 0.3) is 6.43 Å². The highest BCUT2D eigenvalue weighted by atomic mass is 35.5. The maximum absolute atomic E-state index is 12.0. The van der Waals surface area contributed by atoms with Crippen molar-refractivity contribution in [3.8, 4) is 0 Å². The van der Waals surface area contributed by atoms with Gasteiger partial charge in [0.05, 0.1) is 0 Å². The summed E-state index contributed by atoms with van der Waals surface area (Å²) in [5.41, 5.74) is 0.951. The summed E-state index contributed by atoms with van der Waals surface area (Å²) < 4.78 is 29.0. The maximum atomic E-state index is 12.0. The van der Waals surface area contributed by atoms with Crippen molar-refractivity contribution < 1.29 is 13.5 Å². The van der Waals surface area contributed by atoms with E-state index in [1.165, 1.54) is 0 Å². The monoisotopic (exact) mass is 339 g/mol. The van der Waals surface area contributed by atoms with Gasteiger partial charge in [-0.15, -0.1) is 0 Å². The zero-order chi connectivity index (χ0) is 15.7. The molecule has 0 saturated carbocycles. The number of hydrogen-bond donors (Lipinski definition) is 1. The molecular formula is C15H21Cl2F2NO. The van der Waals surface area contributed by atoms with Gasteiger partial charge in [0.2, 0.25) is 0 Å². The van der Waals surface area contributed by atoms with E-state index in [0.29, 0.717) is 29.5 Å². The molecule has 0 spiro atoms. The fourth-order valence-electron chi connectivity index (χ4n) is 1.99. The van der Waals surface area contributed by atoms with E-state index in [4.69, 9.17) is 27.9 Å². The smallest absolute Gasteiger partial charge is 0.261 e. The number of benzene rings is 1. The Morgan fingerprint density at radius 2 is 2.05 bits per heavy atom. The second-order valence-corrected chi connectivity index (χ2v) is 5.69. The molecule has 0 aliphatic rings. The summed E-state index contributed by atoms with van der Waals surface area (Å²) in [5.74, 6) is 0. The predicted octanol–water partition coefficient (Wildman–Crippen LogP) is 4.58. The zero-order valence-electron chi connectivity index (χ0n) is 12.0. The lowest BCUT2D eigenvalue weighted by atomic mass is 10.0. The number of hydrogen-bond acceptors (Lipinski definition) is 2. The van der Waals surface area contributed by atoms with Gasteiger partial charge in [0.15, 0.2) is 0 Å². The van der Waals surface area contributed by atoms with Crippen LogP contribution in [0.3, 0.4) is 0 Å². The van der Waals surface area contributed by atoms with Crippen LogP contribution in [0.2, 0.25) is 10.0 Å². The maximum Gasteiger partial charge on any atom is 0.261 e. The molecule has 0 saturated heterocycles. The van der Waals surface area contributed by atoms with Crippen molar-refractivity contribution in [2.45, 2.75) is 38.7 Å². The van der Waals surface area contributed by atoms with Crippen molar-refractivity contribution in [2.24, 2.45) is 0 Å². The average molecular weight is 340 g/mol. The molecule has 0 amide bonds. The molecule has 0 bridgehead atoms. The highest BCUT2D eigenvalue weighted by molar-refractivity contribution is 6.33. The Balaban J connectivity index is 2.54. The highest BCUT2D eigenvalue weighted by Crippen LogP contribution is 2.22. The minimum absolute atomic E-state index is 0.124. The summed E-state index contributed by atoms with van der Waals surface area (Å²) >= 11 is 12.1. The van der Waals surface area contributed by atoms with Crippen LogP contribution in [0.4, 0.5) is 8.78 Å². The van der Waals surface area contributed by atoms with E-state index in [0.717, 1.165) is 18.5 Å². The largest absolute Gasteiger partial charge is 0.375 e. The molecule has 1 aromatic rings. The SMILES string of the molecule is CCCNC(CCOCC(F)F)Cc1cc(Cl)ccc1Cl. The van der Waals surface area contributed by atoms with Gasteiger partial charge < -0.3 is 10.1 Å². The van der Waals surface area contributed by atoms with Gasteiger partial charge in [-0.25, -0.2) is 8.78 Å². The minimum atomic E-state index is -2.42. The van der Waals surface area contributed by atoms with E-state index < -0.39 is 13.0 Å². The third-order valence-corrected chi connectivity index (χ3v) is 3.62. The number of ether oxygens (including phenoxy) is 1. The summed E-state index contributed by atoms with van der Waals surface area (Å²) in [4.78, 5) is 0. The van der Waals surface area contributed by atoms with Crippen LogP contribution in [0.1, 0.15) is 25.3 Å². The van der Waals surface area contributed by atoms with Crippen molar-refractivity contribution in [1.82, 2.24) is 5.32 Å². The van der Waals surface area contributed by atoms with Crippen molar-refractivity contribution in [2.75, 3.05) is 19.8 Å². The van der Waals surface area contributed by atoms with E-state index in [9.17, 15) is 8.78 Å². The quantitative estimate of drug-likeness (QED) is 0.630. The van der Waals surface area contributed by atoms with E-state index in [1.54, 1.807) is 12.1 Å². The molecule has 21 heavy (non-hydrogen) atoms. The number of alkyl halides is 2. The van der Waals surface area contributed by atoms with Crippen LogP contribution < -0.4 is 5.32 Å². The normalized spacial score (nSPS) is 12.9. The Bertz CT molecular complexity index is 419. The van der Waals surface area contributed by atoms with E-state index in [2.05, 4.69) is 12.2 Å². The molecule has 0 radical (unpaired) electrons. The van der Waals surface area contributed by atoms with E-state index in [1.807, 2.05) is 6.07 Å². The molecule has 6 heteroatoms. The zero-order valence-corrected chi connectivity index (χ0v) is 13.6. The Morgan fingerprint density at radius 3 is 2.71 bits per heavy atom. The lowest BCUT2D eigenvalue weighted by Gasteiger charge is -2.19. The van der Waals surface area contributed by atoms with Gasteiger partial charge in [-0.1, -0.05) is 30.1 Å². The fraction of sp³-hybridized carbons (Fsp3) is 0.600. The van der Waals surface area contributed by atoms with Crippen LogP contribution >= 0.6 is 23.2 Å². The van der Waals surface area contributed by atoms with Crippen LogP contribution in [0.25, 0.3) is 0 Å². The number of halogens is 4. The molecule has 0 aliphatic heterocycles. The summed E-state index contributed by atoms with van der Waals surface area (Å²) in [6.45, 7) is 2.71. The first kappa shape index (κ1) is 18.6. The second kappa shape index (κ2) is 10.3. The lowest BCUT2D eigenvalue weighted by Crippen LogP contribution is -2.33.